The monoisotopic (exact) mass is 214 g/mol. The summed E-state index contributed by atoms with van der Waals surface area (Å²) in [5.74, 6) is 0. The van der Waals surface area contributed by atoms with Gasteiger partial charge >= 0.3 is 0 Å². The molecule has 0 saturated carbocycles. The molecule has 2 rings (SSSR count). The van der Waals surface area contributed by atoms with Gasteiger partial charge in [0, 0.05) is 0 Å². The maximum atomic E-state index is 5.54. The van der Waals surface area contributed by atoms with E-state index in [4.69, 9.17) is 23.7 Å². The standard InChI is InChI=1S/C10H14O5/c1-3-11-9(7-5-13-7)15-10(12-4-2)8-6-14-8/h3-4,7-10H,1-2,5-6H2. The van der Waals surface area contributed by atoms with Crippen molar-refractivity contribution >= 4 is 0 Å². The average Bonchev–Trinajstić information content (AvgIpc) is 3.05. The van der Waals surface area contributed by atoms with Gasteiger partial charge in [0.05, 0.1) is 25.7 Å². The predicted molar refractivity (Wildman–Crippen MR) is 50.7 cm³/mol. The SMILES string of the molecule is C=COC(OC(OC=C)C1CO1)C1CO1. The van der Waals surface area contributed by atoms with Gasteiger partial charge < -0.3 is 18.9 Å². The van der Waals surface area contributed by atoms with Gasteiger partial charge in [-0.05, 0) is 0 Å². The van der Waals surface area contributed by atoms with Gasteiger partial charge in [-0.25, -0.2) is 0 Å². The Morgan fingerprint density at radius 2 is 1.40 bits per heavy atom. The molecule has 2 saturated heterocycles. The molecule has 0 aliphatic carbocycles. The molecule has 2 aliphatic rings. The van der Waals surface area contributed by atoms with Gasteiger partial charge in [0.15, 0.2) is 0 Å². The minimum atomic E-state index is -0.489. The third-order valence-electron chi connectivity index (χ3n) is 2.05. The summed E-state index contributed by atoms with van der Waals surface area (Å²) in [5, 5.41) is 0. The Bertz CT molecular complexity index is 210. The first kappa shape index (κ1) is 10.5. The molecule has 0 amide bonds. The summed E-state index contributed by atoms with van der Waals surface area (Å²) in [5.41, 5.74) is 0. The van der Waals surface area contributed by atoms with E-state index in [-0.39, 0.29) is 12.2 Å². The van der Waals surface area contributed by atoms with Crippen molar-refractivity contribution in [3.63, 3.8) is 0 Å². The Morgan fingerprint density at radius 3 is 1.67 bits per heavy atom. The van der Waals surface area contributed by atoms with Crippen LogP contribution in [0.2, 0.25) is 0 Å². The van der Waals surface area contributed by atoms with Crippen LogP contribution in [0.25, 0.3) is 0 Å². The van der Waals surface area contributed by atoms with Crippen molar-refractivity contribution < 1.29 is 23.7 Å². The van der Waals surface area contributed by atoms with Gasteiger partial charge in [-0.15, -0.1) is 0 Å². The van der Waals surface area contributed by atoms with Crippen molar-refractivity contribution in [1.82, 2.24) is 0 Å². The van der Waals surface area contributed by atoms with Crippen molar-refractivity contribution in [3.05, 3.63) is 25.7 Å². The van der Waals surface area contributed by atoms with Gasteiger partial charge in [0.1, 0.15) is 12.2 Å². The second kappa shape index (κ2) is 4.65. The van der Waals surface area contributed by atoms with Crippen molar-refractivity contribution in [2.45, 2.75) is 24.8 Å². The van der Waals surface area contributed by atoms with Crippen molar-refractivity contribution in [1.29, 1.82) is 0 Å². The lowest BCUT2D eigenvalue weighted by Gasteiger charge is -2.21. The van der Waals surface area contributed by atoms with Gasteiger partial charge in [-0.1, -0.05) is 13.2 Å². The number of hydrogen-bond acceptors (Lipinski definition) is 5. The molecule has 4 atom stereocenters. The van der Waals surface area contributed by atoms with E-state index < -0.39 is 12.6 Å². The van der Waals surface area contributed by atoms with E-state index in [1.807, 2.05) is 0 Å². The fourth-order valence-corrected chi connectivity index (χ4v) is 1.16. The highest BCUT2D eigenvalue weighted by molar-refractivity contribution is 4.80. The first-order valence-electron chi connectivity index (χ1n) is 4.76. The Balaban J connectivity index is 1.83. The minimum Gasteiger partial charge on any atom is -0.470 e. The Labute approximate surface area is 88.2 Å². The third-order valence-corrected chi connectivity index (χ3v) is 2.05. The fourth-order valence-electron chi connectivity index (χ4n) is 1.16. The molecule has 0 bridgehead atoms. The van der Waals surface area contributed by atoms with Crippen LogP contribution in [-0.4, -0.2) is 38.0 Å². The maximum absolute atomic E-state index is 5.54. The van der Waals surface area contributed by atoms with Crippen LogP contribution in [0.5, 0.6) is 0 Å². The number of rotatable bonds is 8. The molecule has 2 heterocycles. The molecule has 0 aromatic carbocycles. The third kappa shape index (κ3) is 2.95. The van der Waals surface area contributed by atoms with Gasteiger partial charge in [0.25, 0.3) is 0 Å². The first-order valence-corrected chi connectivity index (χ1v) is 4.76. The lowest BCUT2D eigenvalue weighted by Crippen LogP contribution is -2.32. The number of epoxide rings is 2. The Hall–Kier alpha value is -1.04. The second-order valence-corrected chi connectivity index (χ2v) is 3.22. The van der Waals surface area contributed by atoms with E-state index >= 15 is 0 Å². The molecule has 0 spiro atoms. The Morgan fingerprint density at radius 1 is 1.00 bits per heavy atom. The van der Waals surface area contributed by atoms with E-state index in [2.05, 4.69) is 13.2 Å². The highest BCUT2D eigenvalue weighted by atomic mass is 16.8. The topological polar surface area (TPSA) is 52.8 Å². The lowest BCUT2D eigenvalue weighted by atomic mass is 10.4. The van der Waals surface area contributed by atoms with Crippen LogP contribution in [0.3, 0.4) is 0 Å². The van der Waals surface area contributed by atoms with Crippen LogP contribution in [-0.2, 0) is 23.7 Å². The highest BCUT2D eigenvalue weighted by Crippen LogP contribution is 2.25. The number of hydrogen-bond donors (Lipinski definition) is 0. The van der Waals surface area contributed by atoms with E-state index in [0.717, 1.165) is 0 Å². The molecule has 5 heteroatoms. The molecule has 0 N–H and O–H groups in total. The van der Waals surface area contributed by atoms with Crippen LogP contribution in [0, 0.1) is 0 Å². The molecule has 5 nitrogen and oxygen atoms in total. The van der Waals surface area contributed by atoms with Crippen molar-refractivity contribution in [3.8, 4) is 0 Å². The summed E-state index contributed by atoms with van der Waals surface area (Å²) >= 11 is 0. The smallest absolute Gasteiger partial charge is 0.231 e. The van der Waals surface area contributed by atoms with Crippen LogP contribution >= 0.6 is 0 Å². The number of ether oxygens (including phenoxy) is 5. The summed E-state index contributed by atoms with van der Waals surface area (Å²) < 4.78 is 26.0. The van der Waals surface area contributed by atoms with E-state index in [0.29, 0.717) is 13.2 Å². The zero-order valence-corrected chi connectivity index (χ0v) is 8.33. The van der Waals surface area contributed by atoms with Crippen LogP contribution in [0.15, 0.2) is 25.7 Å². The van der Waals surface area contributed by atoms with Gasteiger partial charge in [-0.2, -0.15) is 0 Å². The minimum absolute atomic E-state index is 0.0438. The molecule has 2 fully saturated rings. The van der Waals surface area contributed by atoms with Gasteiger partial charge in [-0.3, -0.25) is 4.74 Å². The Kier molecular flexibility index (Phi) is 3.25. The summed E-state index contributed by atoms with van der Waals surface area (Å²) in [6.45, 7) is 8.21. The zero-order valence-electron chi connectivity index (χ0n) is 8.33. The van der Waals surface area contributed by atoms with Crippen LogP contribution in [0.1, 0.15) is 0 Å². The summed E-state index contributed by atoms with van der Waals surface area (Å²) in [6, 6.07) is 0. The van der Waals surface area contributed by atoms with Crippen LogP contribution < -0.4 is 0 Å². The molecule has 0 radical (unpaired) electrons. The largest absolute Gasteiger partial charge is 0.470 e. The lowest BCUT2D eigenvalue weighted by molar-refractivity contribution is -0.224. The molecule has 2 aliphatic heterocycles. The molecule has 0 aromatic heterocycles. The summed E-state index contributed by atoms with van der Waals surface area (Å²) in [7, 11) is 0. The molecular weight excluding hydrogens is 200 g/mol. The van der Waals surface area contributed by atoms with Crippen molar-refractivity contribution in [2.24, 2.45) is 0 Å². The highest BCUT2D eigenvalue weighted by Gasteiger charge is 2.42. The zero-order chi connectivity index (χ0) is 10.7. The normalized spacial score (nSPS) is 31.2. The predicted octanol–water partition coefficient (Wildman–Crippen LogP) is 0.773. The van der Waals surface area contributed by atoms with E-state index in [1.54, 1.807) is 0 Å². The van der Waals surface area contributed by atoms with Crippen LogP contribution in [0.4, 0.5) is 0 Å². The van der Waals surface area contributed by atoms with Gasteiger partial charge in [0.2, 0.25) is 12.6 Å². The molecule has 84 valence electrons. The first-order chi connectivity index (χ1) is 7.35. The molecular formula is C10H14O5. The molecule has 4 unspecified atom stereocenters. The summed E-state index contributed by atoms with van der Waals surface area (Å²) in [4.78, 5) is 0. The second-order valence-electron chi connectivity index (χ2n) is 3.22. The molecule has 0 aromatic rings. The fraction of sp³-hybridized carbons (Fsp3) is 0.600. The van der Waals surface area contributed by atoms with E-state index in [1.165, 1.54) is 12.5 Å². The van der Waals surface area contributed by atoms with E-state index in [9.17, 15) is 0 Å². The quantitative estimate of drug-likeness (QED) is 0.339. The van der Waals surface area contributed by atoms with Crippen molar-refractivity contribution in [2.75, 3.05) is 13.2 Å². The average molecular weight is 214 g/mol. The summed E-state index contributed by atoms with van der Waals surface area (Å²) in [6.07, 6.45) is 1.58. The maximum Gasteiger partial charge on any atom is 0.231 e. The molecule has 15 heavy (non-hydrogen) atoms.